The van der Waals surface area contributed by atoms with E-state index in [1.54, 1.807) is 7.11 Å². The third-order valence-electron chi connectivity index (χ3n) is 3.07. The molecular formula is C16H27NO3. The zero-order chi connectivity index (χ0) is 14.8. The number of hydrogen-bond acceptors (Lipinski definition) is 4. The molecule has 0 saturated carbocycles. The molecule has 0 fully saturated rings. The molecule has 2 atom stereocenters. The van der Waals surface area contributed by atoms with Crippen LogP contribution in [0.1, 0.15) is 32.4 Å². The third kappa shape index (κ3) is 5.49. The Morgan fingerprint density at radius 2 is 1.90 bits per heavy atom. The summed E-state index contributed by atoms with van der Waals surface area (Å²) in [4.78, 5) is 0. The highest BCUT2D eigenvalue weighted by Crippen LogP contribution is 2.25. The second-order valence-electron chi connectivity index (χ2n) is 4.66. The minimum atomic E-state index is 0.0887. The molecule has 4 heteroatoms. The van der Waals surface area contributed by atoms with E-state index in [0.717, 1.165) is 24.5 Å². The van der Waals surface area contributed by atoms with Crippen molar-refractivity contribution in [1.82, 2.24) is 5.32 Å². The Kier molecular flexibility index (Phi) is 8.26. The highest BCUT2D eigenvalue weighted by Gasteiger charge is 2.16. The summed E-state index contributed by atoms with van der Waals surface area (Å²) >= 11 is 0. The van der Waals surface area contributed by atoms with Crippen molar-refractivity contribution in [3.8, 4) is 5.75 Å². The molecule has 0 aromatic heterocycles. The number of benzene rings is 1. The number of ether oxygens (including phenoxy) is 3. The second kappa shape index (κ2) is 9.75. The molecule has 1 aromatic rings. The molecule has 0 heterocycles. The van der Waals surface area contributed by atoms with Crippen LogP contribution in [0.15, 0.2) is 24.3 Å². The van der Waals surface area contributed by atoms with Crippen LogP contribution in [-0.4, -0.2) is 39.6 Å². The van der Waals surface area contributed by atoms with E-state index in [4.69, 9.17) is 14.2 Å². The molecule has 0 aliphatic carbocycles. The van der Waals surface area contributed by atoms with E-state index in [2.05, 4.69) is 18.3 Å². The van der Waals surface area contributed by atoms with E-state index >= 15 is 0 Å². The number of rotatable bonds is 10. The summed E-state index contributed by atoms with van der Waals surface area (Å²) in [7, 11) is 1.69. The average molecular weight is 281 g/mol. The molecule has 0 amide bonds. The van der Waals surface area contributed by atoms with Crippen LogP contribution in [0, 0.1) is 0 Å². The molecule has 0 saturated heterocycles. The summed E-state index contributed by atoms with van der Waals surface area (Å²) in [5.41, 5.74) is 1.13. The standard InChI is InChI=1S/C16H27NO3/c1-5-17-15(12-20-13(3)11-19-6-2)14-9-7-8-10-16(14)18-4/h7-10,13,15,17H,5-6,11-12H2,1-4H3. The highest BCUT2D eigenvalue weighted by atomic mass is 16.5. The maximum absolute atomic E-state index is 5.87. The lowest BCUT2D eigenvalue weighted by Crippen LogP contribution is -2.28. The molecule has 0 spiro atoms. The molecule has 1 N–H and O–H groups in total. The number of para-hydroxylation sites is 1. The Labute approximate surface area is 122 Å². The molecular weight excluding hydrogens is 254 g/mol. The molecule has 1 rings (SSSR count). The summed E-state index contributed by atoms with van der Waals surface area (Å²) in [6, 6.07) is 8.17. The van der Waals surface area contributed by atoms with Gasteiger partial charge in [-0.2, -0.15) is 0 Å². The van der Waals surface area contributed by atoms with Crippen LogP contribution in [0.3, 0.4) is 0 Å². The van der Waals surface area contributed by atoms with E-state index in [9.17, 15) is 0 Å². The first-order chi connectivity index (χ1) is 9.72. The average Bonchev–Trinajstić information content (AvgIpc) is 2.49. The minimum absolute atomic E-state index is 0.0887. The normalized spacial score (nSPS) is 14.0. The monoisotopic (exact) mass is 281 g/mol. The predicted octanol–water partition coefficient (Wildman–Crippen LogP) is 2.79. The largest absolute Gasteiger partial charge is 0.496 e. The summed E-state index contributed by atoms with van der Waals surface area (Å²) < 4.78 is 16.7. The maximum atomic E-state index is 5.87. The molecule has 2 unspecified atom stereocenters. The third-order valence-corrected chi connectivity index (χ3v) is 3.07. The van der Waals surface area contributed by atoms with E-state index in [0.29, 0.717) is 13.2 Å². The van der Waals surface area contributed by atoms with Gasteiger partial charge < -0.3 is 19.5 Å². The van der Waals surface area contributed by atoms with Gasteiger partial charge in [0.2, 0.25) is 0 Å². The Hall–Kier alpha value is -1.10. The van der Waals surface area contributed by atoms with Gasteiger partial charge in [-0.15, -0.1) is 0 Å². The predicted molar refractivity (Wildman–Crippen MR) is 81.3 cm³/mol. The SMILES string of the molecule is CCNC(COC(C)COCC)c1ccccc1OC. The van der Waals surface area contributed by atoms with Gasteiger partial charge in [0, 0.05) is 12.2 Å². The van der Waals surface area contributed by atoms with Gasteiger partial charge in [-0.1, -0.05) is 25.1 Å². The Balaban J connectivity index is 2.64. The van der Waals surface area contributed by atoms with E-state index in [1.165, 1.54) is 0 Å². The van der Waals surface area contributed by atoms with Crippen LogP contribution in [0.4, 0.5) is 0 Å². The smallest absolute Gasteiger partial charge is 0.123 e. The van der Waals surface area contributed by atoms with Crippen LogP contribution >= 0.6 is 0 Å². The lowest BCUT2D eigenvalue weighted by atomic mass is 10.1. The number of hydrogen-bond donors (Lipinski definition) is 1. The molecule has 20 heavy (non-hydrogen) atoms. The molecule has 1 aromatic carbocycles. The van der Waals surface area contributed by atoms with Crippen LogP contribution in [0.5, 0.6) is 5.75 Å². The first kappa shape index (κ1) is 17.0. The van der Waals surface area contributed by atoms with E-state index < -0.39 is 0 Å². The Bertz CT molecular complexity index is 370. The van der Waals surface area contributed by atoms with E-state index in [1.807, 2.05) is 32.0 Å². The van der Waals surface area contributed by atoms with Gasteiger partial charge in [0.1, 0.15) is 5.75 Å². The maximum Gasteiger partial charge on any atom is 0.123 e. The molecule has 4 nitrogen and oxygen atoms in total. The summed E-state index contributed by atoms with van der Waals surface area (Å²) in [6.07, 6.45) is 0.0887. The molecule has 0 aliphatic heterocycles. The van der Waals surface area contributed by atoms with Crippen molar-refractivity contribution in [3.63, 3.8) is 0 Å². The Morgan fingerprint density at radius 3 is 2.55 bits per heavy atom. The molecule has 0 aliphatic rings. The van der Waals surface area contributed by atoms with Gasteiger partial charge >= 0.3 is 0 Å². The van der Waals surface area contributed by atoms with Crippen molar-refractivity contribution < 1.29 is 14.2 Å². The van der Waals surface area contributed by atoms with Gasteiger partial charge in [-0.3, -0.25) is 0 Å². The summed E-state index contributed by atoms with van der Waals surface area (Å²) in [5, 5.41) is 3.44. The van der Waals surface area contributed by atoms with Crippen molar-refractivity contribution >= 4 is 0 Å². The van der Waals surface area contributed by atoms with Gasteiger partial charge in [0.15, 0.2) is 0 Å². The fraction of sp³-hybridized carbons (Fsp3) is 0.625. The van der Waals surface area contributed by atoms with Gasteiger partial charge in [-0.05, 0) is 26.5 Å². The number of nitrogens with one attached hydrogen (secondary N) is 1. The molecule has 114 valence electrons. The lowest BCUT2D eigenvalue weighted by Gasteiger charge is -2.22. The van der Waals surface area contributed by atoms with Crippen molar-refractivity contribution in [3.05, 3.63) is 29.8 Å². The van der Waals surface area contributed by atoms with Crippen molar-refractivity contribution in [1.29, 1.82) is 0 Å². The number of likely N-dealkylation sites (N-methyl/N-ethyl adjacent to an activating group) is 1. The van der Waals surface area contributed by atoms with Gasteiger partial charge in [-0.25, -0.2) is 0 Å². The topological polar surface area (TPSA) is 39.7 Å². The van der Waals surface area contributed by atoms with Crippen LogP contribution in [-0.2, 0) is 9.47 Å². The second-order valence-corrected chi connectivity index (χ2v) is 4.66. The van der Waals surface area contributed by atoms with Crippen LogP contribution in [0.2, 0.25) is 0 Å². The fourth-order valence-electron chi connectivity index (χ4n) is 2.05. The van der Waals surface area contributed by atoms with Crippen LogP contribution in [0.25, 0.3) is 0 Å². The first-order valence-corrected chi connectivity index (χ1v) is 7.28. The van der Waals surface area contributed by atoms with Crippen LogP contribution < -0.4 is 10.1 Å². The molecule has 0 bridgehead atoms. The zero-order valence-electron chi connectivity index (χ0n) is 13.0. The van der Waals surface area contributed by atoms with E-state index in [-0.39, 0.29) is 12.1 Å². The highest BCUT2D eigenvalue weighted by molar-refractivity contribution is 5.35. The first-order valence-electron chi connectivity index (χ1n) is 7.28. The minimum Gasteiger partial charge on any atom is -0.496 e. The lowest BCUT2D eigenvalue weighted by molar-refractivity contribution is -0.0117. The number of methoxy groups -OCH3 is 1. The van der Waals surface area contributed by atoms with Gasteiger partial charge in [0.25, 0.3) is 0 Å². The molecule has 0 radical (unpaired) electrons. The van der Waals surface area contributed by atoms with Crippen molar-refractivity contribution in [2.24, 2.45) is 0 Å². The fourth-order valence-corrected chi connectivity index (χ4v) is 2.05. The summed E-state index contributed by atoms with van der Waals surface area (Å²) in [6.45, 7) is 8.93. The van der Waals surface area contributed by atoms with Crippen molar-refractivity contribution in [2.45, 2.75) is 32.9 Å². The summed E-state index contributed by atoms with van der Waals surface area (Å²) in [5.74, 6) is 0.888. The van der Waals surface area contributed by atoms with Gasteiger partial charge in [0.05, 0.1) is 32.5 Å². The Morgan fingerprint density at radius 1 is 1.15 bits per heavy atom. The quantitative estimate of drug-likeness (QED) is 0.716. The zero-order valence-corrected chi connectivity index (χ0v) is 13.0. The van der Waals surface area contributed by atoms with Crippen molar-refractivity contribution in [2.75, 3.05) is 33.5 Å².